The second kappa shape index (κ2) is 8.15. The summed E-state index contributed by atoms with van der Waals surface area (Å²) in [7, 11) is 0. The molecule has 1 aromatic carbocycles. The van der Waals surface area contributed by atoms with Gasteiger partial charge in [0.25, 0.3) is 5.91 Å². The number of aryl methyl sites for hydroxylation is 1. The molecule has 0 spiro atoms. The number of carbonyl (C=O) groups excluding carboxylic acids is 1. The van der Waals surface area contributed by atoms with Gasteiger partial charge in [-0.2, -0.15) is 0 Å². The first-order valence-electron chi connectivity index (χ1n) is 8.70. The molecule has 1 aliphatic rings. The van der Waals surface area contributed by atoms with Crippen LogP contribution in [0.3, 0.4) is 0 Å². The molecule has 24 heavy (non-hydrogen) atoms. The maximum atomic E-state index is 12.8. The van der Waals surface area contributed by atoms with Gasteiger partial charge in [-0.1, -0.05) is 30.3 Å². The fourth-order valence-corrected chi connectivity index (χ4v) is 3.19. The summed E-state index contributed by atoms with van der Waals surface area (Å²) in [4.78, 5) is 14.8. The Bertz CT molecular complexity index is 618. The second-order valence-corrected chi connectivity index (χ2v) is 6.54. The smallest absolute Gasteiger partial charge is 0.289 e. The van der Waals surface area contributed by atoms with E-state index in [-0.39, 0.29) is 11.9 Å². The molecule has 2 heterocycles. The Labute approximate surface area is 143 Å². The minimum absolute atomic E-state index is 0.0209. The summed E-state index contributed by atoms with van der Waals surface area (Å²) in [6.07, 6.45) is 4.47. The number of hydrogen-bond donors (Lipinski definition) is 0. The van der Waals surface area contributed by atoms with Gasteiger partial charge in [0.05, 0.1) is 12.9 Å². The van der Waals surface area contributed by atoms with Crippen LogP contribution in [0.2, 0.25) is 0 Å². The summed E-state index contributed by atoms with van der Waals surface area (Å²) in [5.74, 6) is 0.816. The highest BCUT2D eigenvalue weighted by atomic mass is 16.5. The lowest BCUT2D eigenvalue weighted by Gasteiger charge is -2.30. The SMILES string of the molecule is CC(CCc1ccccc1)N(CC1CCOC1)C(=O)c1ccco1. The van der Waals surface area contributed by atoms with E-state index in [4.69, 9.17) is 9.15 Å². The van der Waals surface area contributed by atoms with Crippen molar-refractivity contribution in [2.75, 3.05) is 19.8 Å². The highest BCUT2D eigenvalue weighted by Gasteiger charge is 2.28. The normalized spacial score (nSPS) is 18.5. The van der Waals surface area contributed by atoms with Crippen molar-refractivity contribution < 1.29 is 13.9 Å². The van der Waals surface area contributed by atoms with E-state index >= 15 is 0 Å². The van der Waals surface area contributed by atoms with E-state index in [2.05, 4.69) is 31.2 Å². The Kier molecular flexibility index (Phi) is 5.70. The first-order valence-corrected chi connectivity index (χ1v) is 8.70. The molecule has 0 radical (unpaired) electrons. The van der Waals surface area contributed by atoms with Crippen LogP contribution in [0.1, 0.15) is 35.9 Å². The van der Waals surface area contributed by atoms with Crippen LogP contribution in [0.25, 0.3) is 0 Å². The summed E-state index contributed by atoms with van der Waals surface area (Å²) in [6, 6.07) is 14.1. The Balaban J connectivity index is 1.66. The number of amides is 1. The molecule has 0 aliphatic carbocycles. The molecule has 0 bridgehead atoms. The van der Waals surface area contributed by atoms with E-state index in [0.717, 1.165) is 39.0 Å². The first kappa shape index (κ1) is 16.8. The average molecular weight is 327 g/mol. The van der Waals surface area contributed by atoms with Gasteiger partial charge in [0.2, 0.25) is 0 Å². The molecule has 1 fully saturated rings. The van der Waals surface area contributed by atoms with Gasteiger partial charge in [-0.15, -0.1) is 0 Å². The lowest BCUT2D eigenvalue weighted by molar-refractivity contribution is 0.0607. The molecular formula is C20H25NO3. The zero-order valence-corrected chi connectivity index (χ0v) is 14.2. The number of benzene rings is 1. The van der Waals surface area contributed by atoms with Crippen LogP contribution in [0, 0.1) is 5.92 Å². The van der Waals surface area contributed by atoms with Crippen LogP contribution in [-0.4, -0.2) is 36.6 Å². The molecule has 2 unspecified atom stereocenters. The van der Waals surface area contributed by atoms with Crippen LogP contribution >= 0.6 is 0 Å². The van der Waals surface area contributed by atoms with Crippen molar-refractivity contribution in [3.8, 4) is 0 Å². The molecule has 4 heteroatoms. The van der Waals surface area contributed by atoms with Crippen LogP contribution in [0.4, 0.5) is 0 Å². The van der Waals surface area contributed by atoms with Crippen molar-refractivity contribution in [2.45, 2.75) is 32.2 Å². The Morgan fingerprint density at radius 3 is 2.75 bits per heavy atom. The molecule has 3 rings (SSSR count). The molecule has 1 aliphatic heterocycles. The monoisotopic (exact) mass is 327 g/mol. The van der Waals surface area contributed by atoms with Gasteiger partial charge >= 0.3 is 0 Å². The molecular weight excluding hydrogens is 302 g/mol. The minimum Gasteiger partial charge on any atom is -0.459 e. The van der Waals surface area contributed by atoms with Gasteiger partial charge in [-0.3, -0.25) is 4.79 Å². The van der Waals surface area contributed by atoms with E-state index in [9.17, 15) is 4.79 Å². The van der Waals surface area contributed by atoms with Crippen molar-refractivity contribution in [2.24, 2.45) is 5.92 Å². The highest BCUT2D eigenvalue weighted by molar-refractivity contribution is 5.91. The predicted octanol–water partition coefficient (Wildman–Crippen LogP) is 3.78. The van der Waals surface area contributed by atoms with Gasteiger partial charge < -0.3 is 14.1 Å². The predicted molar refractivity (Wildman–Crippen MR) is 92.9 cm³/mol. The van der Waals surface area contributed by atoms with Gasteiger partial charge in [0.15, 0.2) is 5.76 Å². The topological polar surface area (TPSA) is 42.7 Å². The van der Waals surface area contributed by atoms with E-state index < -0.39 is 0 Å². The van der Waals surface area contributed by atoms with Gasteiger partial charge in [-0.05, 0) is 43.9 Å². The average Bonchev–Trinajstić information content (AvgIpc) is 3.31. The van der Waals surface area contributed by atoms with Crippen molar-refractivity contribution in [1.82, 2.24) is 4.90 Å². The van der Waals surface area contributed by atoms with Crippen LogP contribution in [0.15, 0.2) is 53.1 Å². The Morgan fingerprint density at radius 1 is 1.25 bits per heavy atom. The summed E-state index contributed by atoms with van der Waals surface area (Å²) in [5, 5.41) is 0. The number of nitrogens with zero attached hydrogens (tertiary/aromatic N) is 1. The maximum Gasteiger partial charge on any atom is 0.289 e. The first-order chi connectivity index (χ1) is 11.7. The molecule has 0 saturated carbocycles. The third-order valence-electron chi connectivity index (χ3n) is 4.70. The van der Waals surface area contributed by atoms with Crippen LogP contribution in [0.5, 0.6) is 0 Å². The fraction of sp³-hybridized carbons (Fsp3) is 0.450. The highest BCUT2D eigenvalue weighted by Crippen LogP contribution is 2.20. The van der Waals surface area contributed by atoms with Gasteiger partial charge in [0, 0.05) is 25.1 Å². The second-order valence-electron chi connectivity index (χ2n) is 6.54. The number of hydrogen-bond acceptors (Lipinski definition) is 3. The van der Waals surface area contributed by atoms with Crippen molar-refractivity contribution in [3.05, 3.63) is 60.1 Å². The lowest BCUT2D eigenvalue weighted by atomic mass is 10.0. The van der Waals surface area contributed by atoms with Crippen LogP contribution in [-0.2, 0) is 11.2 Å². The molecule has 2 aromatic rings. The van der Waals surface area contributed by atoms with Gasteiger partial charge in [-0.25, -0.2) is 0 Å². The zero-order chi connectivity index (χ0) is 16.8. The summed E-state index contributed by atoms with van der Waals surface area (Å²) in [6.45, 7) is 4.40. The number of rotatable bonds is 7. The Morgan fingerprint density at radius 2 is 2.08 bits per heavy atom. The third kappa shape index (κ3) is 4.26. The molecule has 2 atom stereocenters. The number of furan rings is 1. The van der Waals surface area contributed by atoms with Gasteiger partial charge in [0.1, 0.15) is 0 Å². The molecule has 4 nitrogen and oxygen atoms in total. The largest absolute Gasteiger partial charge is 0.459 e. The number of ether oxygens (including phenoxy) is 1. The molecule has 128 valence electrons. The summed E-state index contributed by atoms with van der Waals surface area (Å²) < 4.78 is 10.8. The lowest BCUT2D eigenvalue weighted by Crippen LogP contribution is -2.42. The van der Waals surface area contributed by atoms with E-state index in [1.807, 2.05) is 11.0 Å². The van der Waals surface area contributed by atoms with Crippen molar-refractivity contribution in [1.29, 1.82) is 0 Å². The standard InChI is InChI=1S/C20H25NO3/c1-16(9-10-17-6-3-2-4-7-17)21(14-18-11-13-23-15-18)20(22)19-8-5-12-24-19/h2-8,12,16,18H,9-11,13-15H2,1H3. The fourth-order valence-electron chi connectivity index (χ4n) is 3.19. The Hall–Kier alpha value is -2.07. The maximum absolute atomic E-state index is 12.8. The molecule has 1 amide bonds. The molecule has 1 aromatic heterocycles. The summed E-state index contributed by atoms with van der Waals surface area (Å²) >= 11 is 0. The summed E-state index contributed by atoms with van der Waals surface area (Å²) in [5.41, 5.74) is 1.30. The number of carbonyl (C=O) groups is 1. The van der Waals surface area contributed by atoms with E-state index in [1.165, 1.54) is 5.56 Å². The quantitative estimate of drug-likeness (QED) is 0.777. The molecule has 1 saturated heterocycles. The third-order valence-corrected chi connectivity index (χ3v) is 4.70. The van der Waals surface area contributed by atoms with Crippen LogP contribution < -0.4 is 0 Å². The molecule has 0 N–H and O–H groups in total. The minimum atomic E-state index is -0.0209. The van der Waals surface area contributed by atoms with E-state index in [1.54, 1.807) is 18.4 Å². The van der Waals surface area contributed by atoms with Crippen molar-refractivity contribution >= 4 is 5.91 Å². The zero-order valence-electron chi connectivity index (χ0n) is 14.2. The van der Waals surface area contributed by atoms with E-state index in [0.29, 0.717) is 11.7 Å². The van der Waals surface area contributed by atoms with Crippen molar-refractivity contribution in [3.63, 3.8) is 0 Å².